The lowest BCUT2D eigenvalue weighted by Gasteiger charge is -2.13. The van der Waals surface area contributed by atoms with Crippen molar-refractivity contribution in [2.45, 2.75) is 6.92 Å². The maximum atomic E-state index is 12.1. The summed E-state index contributed by atoms with van der Waals surface area (Å²) in [5.41, 5.74) is 5.36. The Morgan fingerprint density at radius 2 is 1.69 bits per heavy atom. The third-order valence-electron chi connectivity index (χ3n) is 4.20. The molecule has 0 radical (unpaired) electrons. The smallest absolute Gasteiger partial charge is 0.263 e. The number of carbonyl (C=O) groups excluding carboxylic acids is 1. The van der Waals surface area contributed by atoms with Gasteiger partial charge in [-0.05, 0) is 36.8 Å². The van der Waals surface area contributed by atoms with Crippen LogP contribution in [0.4, 0.5) is 0 Å². The number of aromatic nitrogens is 1. The molecule has 0 atom stereocenters. The van der Waals surface area contributed by atoms with Gasteiger partial charge < -0.3 is 9.88 Å². The van der Waals surface area contributed by atoms with E-state index < -0.39 is 0 Å². The van der Waals surface area contributed by atoms with E-state index in [1.807, 2.05) is 42.5 Å². The second-order valence-electron chi connectivity index (χ2n) is 5.98. The van der Waals surface area contributed by atoms with Crippen LogP contribution in [0.5, 0.6) is 0 Å². The second-order valence-corrected chi connectivity index (χ2v) is 7.70. The maximum Gasteiger partial charge on any atom is 0.263 e. The van der Waals surface area contributed by atoms with Gasteiger partial charge in [0.05, 0.1) is 10.6 Å². The van der Waals surface area contributed by atoms with E-state index in [0.717, 1.165) is 28.2 Å². The van der Waals surface area contributed by atoms with Crippen molar-refractivity contribution >= 4 is 40.3 Å². The van der Waals surface area contributed by atoms with Crippen LogP contribution in [-0.4, -0.2) is 14.8 Å². The predicted molar refractivity (Wildman–Crippen MR) is 112 cm³/mol. The molecule has 1 aliphatic heterocycles. The Balaban J connectivity index is 1.94. The lowest BCUT2D eigenvalue weighted by molar-refractivity contribution is -0.115. The van der Waals surface area contributed by atoms with Crippen LogP contribution in [0.2, 0.25) is 0 Å². The molecular formula is C21H16N2OS2. The summed E-state index contributed by atoms with van der Waals surface area (Å²) in [4.78, 5) is 12.7. The highest BCUT2D eigenvalue weighted by Crippen LogP contribution is 2.34. The number of thioether (sulfide) groups is 1. The molecule has 26 heavy (non-hydrogen) atoms. The number of rotatable bonds is 3. The van der Waals surface area contributed by atoms with E-state index in [0.29, 0.717) is 9.23 Å². The molecule has 1 N–H and O–H groups in total. The minimum atomic E-state index is -0.135. The number of carbonyl (C=O) groups is 1. The molecule has 2 aromatic carbocycles. The number of nitrogens with one attached hydrogen (secondary N) is 1. The topological polar surface area (TPSA) is 34.0 Å². The highest BCUT2D eigenvalue weighted by Gasteiger charge is 2.24. The average molecular weight is 377 g/mol. The molecule has 1 fully saturated rings. The van der Waals surface area contributed by atoms with Crippen molar-refractivity contribution in [1.29, 1.82) is 0 Å². The van der Waals surface area contributed by atoms with Crippen molar-refractivity contribution in [2.24, 2.45) is 0 Å². The van der Waals surface area contributed by atoms with Crippen LogP contribution in [0.3, 0.4) is 0 Å². The van der Waals surface area contributed by atoms with Crippen LogP contribution in [0, 0.1) is 6.92 Å². The molecule has 1 saturated heterocycles. The number of amides is 1. The van der Waals surface area contributed by atoms with Crippen molar-refractivity contribution < 1.29 is 4.79 Å². The Bertz CT molecular complexity index is 1020. The molecule has 128 valence electrons. The van der Waals surface area contributed by atoms with Gasteiger partial charge in [-0.2, -0.15) is 0 Å². The van der Waals surface area contributed by atoms with Crippen LogP contribution in [0.25, 0.3) is 23.0 Å². The van der Waals surface area contributed by atoms with E-state index in [1.165, 1.54) is 11.8 Å². The van der Waals surface area contributed by atoms with Gasteiger partial charge in [0, 0.05) is 16.9 Å². The predicted octanol–water partition coefficient (Wildman–Crippen LogP) is 4.94. The molecule has 1 aliphatic rings. The fourth-order valence-corrected chi connectivity index (χ4v) is 4.17. The summed E-state index contributed by atoms with van der Waals surface area (Å²) in [5.74, 6) is -0.135. The molecule has 0 saturated carbocycles. The summed E-state index contributed by atoms with van der Waals surface area (Å²) in [7, 11) is 0. The maximum absolute atomic E-state index is 12.1. The van der Waals surface area contributed by atoms with Crippen LogP contribution >= 0.6 is 24.0 Å². The highest BCUT2D eigenvalue weighted by atomic mass is 32.2. The first-order chi connectivity index (χ1) is 12.6. The van der Waals surface area contributed by atoms with Crippen molar-refractivity contribution in [3.63, 3.8) is 0 Å². The molecule has 1 aromatic heterocycles. The Morgan fingerprint density at radius 3 is 2.31 bits per heavy atom. The lowest BCUT2D eigenvalue weighted by Crippen LogP contribution is -2.17. The molecule has 0 bridgehead atoms. The first-order valence-corrected chi connectivity index (χ1v) is 9.44. The first kappa shape index (κ1) is 16.8. The van der Waals surface area contributed by atoms with E-state index in [1.54, 1.807) is 0 Å². The minimum Gasteiger partial charge on any atom is -0.313 e. The Kier molecular flexibility index (Phi) is 4.49. The average Bonchev–Trinajstić information content (AvgIpc) is 3.15. The SMILES string of the molecule is Cc1cc(/C=C2/SC(=S)NC2=O)c(-c2ccccc2)n1-c1ccccc1. The molecule has 4 rings (SSSR count). The minimum absolute atomic E-state index is 0.135. The van der Waals surface area contributed by atoms with Crippen molar-refractivity contribution in [3.05, 3.63) is 82.9 Å². The molecule has 2 heterocycles. The van der Waals surface area contributed by atoms with Crippen LogP contribution in [0.15, 0.2) is 71.6 Å². The molecule has 1 amide bonds. The number of hydrogen-bond acceptors (Lipinski definition) is 3. The number of thiocarbonyl (C=S) groups is 1. The molecule has 3 nitrogen and oxygen atoms in total. The molecule has 5 heteroatoms. The van der Waals surface area contributed by atoms with E-state index in [-0.39, 0.29) is 5.91 Å². The van der Waals surface area contributed by atoms with Crippen LogP contribution < -0.4 is 5.32 Å². The zero-order valence-electron chi connectivity index (χ0n) is 14.1. The van der Waals surface area contributed by atoms with E-state index in [4.69, 9.17) is 12.2 Å². The van der Waals surface area contributed by atoms with E-state index in [9.17, 15) is 4.79 Å². The number of hydrogen-bond donors (Lipinski definition) is 1. The lowest BCUT2D eigenvalue weighted by atomic mass is 10.1. The van der Waals surface area contributed by atoms with Crippen molar-refractivity contribution in [3.8, 4) is 16.9 Å². The number of nitrogens with zero attached hydrogens (tertiary/aromatic N) is 1. The Labute approximate surface area is 161 Å². The number of benzene rings is 2. The summed E-state index contributed by atoms with van der Waals surface area (Å²) < 4.78 is 2.72. The van der Waals surface area contributed by atoms with Gasteiger partial charge in [-0.1, -0.05) is 72.5 Å². The second kappa shape index (κ2) is 6.94. The molecule has 0 aliphatic carbocycles. The van der Waals surface area contributed by atoms with Gasteiger partial charge in [0.25, 0.3) is 5.91 Å². The largest absolute Gasteiger partial charge is 0.313 e. The fraction of sp³-hybridized carbons (Fsp3) is 0.0476. The van der Waals surface area contributed by atoms with Gasteiger partial charge in [-0.15, -0.1) is 0 Å². The molecule has 3 aromatic rings. The summed E-state index contributed by atoms with van der Waals surface area (Å²) >= 11 is 6.41. The number of aryl methyl sites for hydroxylation is 1. The summed E-state index contributed by atoms with van der Waals surface area (Å²) in [6.45, 7) is 2.08. The van der Waals surface area contributed by atoms with Crippen molar-refractivity contribution in [1.82, 2.24) is 9.88 Å². The van der Waals surface area contributed by atoms with Crippen molar-refractivity contribution in [2.75, 3.05) is 0 Å². The van der Waals surface area contributed by atoms with E-state index >= 15 is 0 Å². The summed E-state index contributed by atoms with van der Waals surface area (Å²) in [6, 6.07) is 22.6. The molecular weight excluding hydrogens is 360 g/mol. The first-order valence-electron chi connectivity index (χ1n) is 8.21. The molecule has 0 unspecified atom stereocenters. The van der Waals surface area contributed by atoms with Gasteiger partial charge in [-0.3, -0.25) is 4.79 Å². The number of para-hydroxylation sites is 1. The summed E-state index contributed by atoms with van der Waals surface area (Å²) in [5, 5.41) is 2.68. The monoisotopic (exact) mass is 376 g/mol. The van der Waals surface area contributed by atoms with Crippen LogP contribution in [-0.2, 0) is 4.79 Å². The zero-order valence-corrected chi connectivity index (χ0v) is 15.7. The normalized spacial score (nSPS) is 15.5. The molecule has 0 spiro atoms. The van der Waals surface area contributed by atoms with Gasteiger partial charge in [0.15, 0.2) is 0 Å². The highest BCUT2D eigenvalue weighted by molar-refractivity contribution is 8.26. The van der Waals surface area contributed by atoms with Gasteiger partial charge in [-0.25, -0.2) is 0 Å². The Morgan fingerprint density at radius 1 is 1.04 bits per heavy atom. The summed E-state index contributed by atoms with van der Waals surface area (Å²) in [6.07, 6.45) is 1.92. The van der Waals surface area contributed by atoms with E-state index in [2.05, 4.69) is 47.1 Å². The van der Waals surface area contributed by atoms with Gasteiger partial charge in [0.1, 0.15) is 4.32 Å². The fourth-order valence-electron chi connectivity index (χ4n) is 3.14. The van der Waals surface area contributed by atoms with Crippen LogP contribution in [0.1, 0.15) is 11.3 Å². The Hall–Kier alpha value is -2.63. The van der Waals surface area contributed by atoms with Gasteiger partial charge >= 0.3 is 0 Å². The van der Waals surface area contributed by atoms with Gasteiger partial charge in [0.2, 0.25) is 0 Å². The standard InChI is InChI=1S/C21H16N2OS2/c1-14-12-16(13-18-20(24)22-21(25)26-18)19(15-8-4-2-5-9-15)23(14)17-10-6-3-7-11-17/h2-13H,1H3,(H,22,24,25)/b18-13+. The quantitative estimate of drug-likeness (QED) is 0.519. The third kappa shape index (κ3) is 3.11. The zero-order chi connectivity index (χ0) is 18.1. The third-order valence-corrected chi connectivity index (χ3v) is 5.37.